The van der Waals surface area contributed by atoms with Gasteiger partial charge in [0.25, 0.3) is 0 Å². The highest BCUT2D eigenvalue weighted by atomic mass is 35.5. The normalized spacial score (nSPS) is 37.3. The second-order valence-electron chi connectivity index (χ2n) is 3.13. The van der Waals surface area contributed by atoms with Crippen molar-refractivity contribution < 1.29 is 0 Å². The second-order valence-corrected chi connectivity index (χ2v) is 3.13. The van der Waals surface area contributed by atoms with Gasteiger partial charge in [-0.05, 0) is 24.7 Å². The highest BCUT2D eigenvalue weighted by Crippen LogP contribution is 2.45. The quantitative estimate of drug-likeness (QED) is 0.522. The molecule has 0 heterocycles. The zero-order valence-corrected chi connectivity index (χ0v) is 7.14. The molecule has 0 amide bonds. The van der Waals surface area contributed by atoms with Gasteiger partial charge in [0.15, 0.2) is 0 Å². The Kier molecular flexibility index (Phi) is 3.91. The van der Waals surface area contributed by atoms with Crippen LogP contribution in [0.4, 0.5) is 0 Å². The third-order valence-corrected chi connectivity index (χ3v) is 2.56. The maximum absolute atomic E-state index is 1.58. The molecule has 0 aliphatic heterocycles. The molecule has 0 spiro atoms. The van der Waals surface area contributed by atoms with E-state index in [4.69, 9.17) is 0 Å². The molecule has 0 aromatic rings. The minimum absolute atomic E-state index is 0. The fourth-order valence-corrected chi connectivity index (χ4v) is 2.04. The van der Waals surface area contributed by atoms with Crippen molar-refractivity contribution >= 4 is 24.8 Å². The number of halogens is 2. The lowest BCUT2D eigenvalue weighted by molar-refractivity contribution is 0.116. The summed E-state index contributed by atoms with van der Waals surface area (Å²) >= 11 is 0. The Bertz CT molecular complexity index is 63.5. The minimum Gasteiger partial charge on any atom is -0.147 e. The van der Waals surface area contributed by atoms with Crippen LogP contribution in [0.3, 0.4) is 0 Å². The Balaban J connectivity index is 0.000000320. The fourth-order valence-electron chi connectivity index (χ4n) is 2.04. The van der Waals surface area contributed by atoms with Crippen molar-refractivity contribution in [2.75, 3.05) is 0 Å². The molecular weight excluding hydrogens is 155 g/mol. The lowest BCUT2D eigenvalue weighted by Crippen LogP contribution is -2.28. The van der Waals surface area contributed by atoms with Gasteiger partial charge in [0.05, 0.1) is 0 Å². The first-order chi connectivity index (χ1) is 3.45. The van der Waals surface area contributed by atoms with E-state index < -0.39 is 0 Å². The summed E-state index contributed by atoms with van der Waals surface area (Å²) in [6.07, 6.45) is 7.81. The number of rotatable bonds is 0. The van der Waals surface area contributed by atoms with Gasteiger partial charge in [-0.3, -0.25) is 0 Å². The van der Waals surface area contributed by atoms with Crippen LogP contribution >= 0.6 is 24.8 Å². The van der Waals surface area contributed by atoms with Crippen molar-refractivity contribution in [3.05, 3.63) is 0 Å². The molecule has 0 atom stereocenters. The van der Waals surface area contributed by atoms with Crippen LogP contribution in [0.5, 0.6) is 0 Å². The first-order valence-electron chi connectivity index (χ1n) is 3.45. The van der Waals surface area contributed by atoms with E-state index in [1.807, 2.05) is 0 Å². The van der Waals surface area contributed by atoms with Crippen LogP contribution < -0.4 is 0 Å². The number of fused-ring (bicyclic) bond motifs is 2. The van der Waals surface area contributed by atoms with Gasteiger partial charge < -0.3 is 0 Å². The van der Waals surface area contributed by atoms with Gasteiger partial charge in [-0.15, -0.1) is 24.8 Å². The van der Waals surface area contributed by atoms with E-state index in [0.29, 0.717) is 0 Å². The molecule has 0 radical (unpaired) electrons. The Morgan fingerprint density at radius 2 is 1.22 bits per heavy atom. The van der Waals surface area contributed by atoms with E-state index in [2.05, 4.69) is 0 Å². The Hall–Kier alpha value is 0.580. The van der Waals surface area contributed by atoms with Gasteiger partial charge in [-0.2, -0.15) is 0 Å². The van der Waals surface area contributed by atoms with Crippen molar-refractivity contribution in [2.24, 2.45) is 11.8 Å². The third-order valence-electron chi connectivity index (χ3n) is 2.56. The van der Waals surface area contributed by atoms with Crippen molar-refractivity contribution in [1.29, 1.82) is 0 Å². The second kappa shape index (κ2) is 3.68. The van der Waals surface area contributed by atoms with Gasteiger partial charge >= 0.3 is 0 Å². The third kappa shape index (κ3) is 1.75. The van der Waals surface area contributed by atoms with Gasteiger partial charge in [0, 0.05) is 0 Å². The average molecular weight is 169 g/mol. The molecule has 9 heavy (non-hydrogen) atoms. The molecule has 0 saturated heterocycles. The van der Waals surface area contributed by atoms with E-state index in [9.17, 15) is 0 Å². The summed E-state index contributed by atoms with van der Waals surface area (Å²) in [5.41, 5.74) is 0. The predicted molar refractivity (Wildman–Crippen MR) is 44.6 cm³/mol. The van der Waals surface area contributed by atoms with Crippen molar-refractivity contribution in [3.8, 4) is 0 Å². The van der Waals surface area contributed by atoms with Gasteiger partial charge in [0.1, 0.15) is 0 Å². The molecule has 3 rings (SSSR count). The van der Waals surface area contributed by atoms with Gasteiger partial charge in [-0.25, -0.2) is 0 Å². The fraction of sp³-hybridized carbons (Fsp3) is 1.00. The van der Waals surface area contributed by atoms with Gasteiger partial charge in [0.2, 0.25) is 0 Å². The van der Waals surface area contributed by atoms with E-state index in [0.717, 1.165) is 0 Å². The molecule has 0 aromatic heterocycles. The van der Waals surface area contributed by atoms with Crippen molar-refractivity contribution in [3.63, 3.8) is 0 Å². The monoisotopic (exact) mass is 168 g/mol. The van der Waals surface area contributed by atoms with Crippen molar-refractivity contribution in [2.45, 2.75) is 32.1 Å². The molecule has 2 heteroatoms. The predicted octanol–water partition coefficient (Wildman–Crippen LogP) is 3.04. The average Bonchev–Trinajstić information content (AvgIpc) is 1.67. The smallest absolute Gasteiger partial charge is 0.0409 e. The van der Waals surface area contributed by atoms with E-state index in [-0.39, 0.29) is 24.8 Å². The highest BCUT2D eigenvalue weighted by Gasteiger charge is 2.32. The zero-order chi connectivity index (χ0) is 4.69. The number of hydrogen-bond donors (Lipinski definition) is 0. The summed E-state index contributed by atoms with van der Waals surface area (Å²) in [6, 6.07) is 0. The first-order valence-corrected chi connectivity index (χ1v) is 3.45. The SMILES string of the molecule is C1CC2CC(C1)C2.Cl.Cl. The topological polar surface area (TPSA) is 0 Å². The molecule has 0 unspecified atom stereocenters. The molecule has 3 aliphatic rings. The van der Waals surface area contributed by atoms with E-state index in [1.165, 1.54) is 18.3 Å². The Morgan fingerprint density at radius 3 is 1.33 bits per heavy atom. The molecule has 0 nitrogen and oxygen atoms in total. The molecule has 3 fully saturated rings. The molecule has 56 valence electrons. The first kappa shape index (κ1) is 9.58. The lowest BCUT2D eigenvalue weighted by Gasteiger charge is -2.40. The standard InChI is InChI=1S/C7H12.2ClH/c1-2-6-4-7(3-1)5-6;;/h6-7H,1-5H2;2*1H. The molecule has 2 bridgehead atoms. The largest absolute Gasteiger partial charge is 0.147 e. The molecule has 0 N–H and O–H groups in total. The summed E-state index contributed by atoms with van der Waals surface area (Å²) in [7, 11) is 0. The molecule has 3 aliphatic carbocycles. The summed E-state index contributed by atoms with van der Waals surface area (Å²) in [6.45, 7) is 0. The molecule has 0 aromatic carbocycles. The maximum atomic E-state index is 1.58. The summed E-state index contributed by atoms with van der Waals surface area (Å²) in [5, 5.41) is 0. The Labute approximate surface area is 69.2 Å². The minimum atomic E-state index is 0. The summed E-state index contributed by atoms with van der Waals surface area (Å²) in [5.74, 6) is 2.36. The number of hydrogen-bond acceptors (Lipinski definition) is 0. The van der Waals surface area contributed by atoms with Crippen LogP contribution in [0.1, 0.15) is 32.1 Å². The highest BCUT2D eigenvalue weighted by molar-refractivity contribution is 5.85. The van der Waals surface area contributed by atoms with Crippen LogP contribution in [-0.4, -0.2) is 0 Å². The Morgan fingerprint density at radius 1 is 0.778 bits per heavy atom. The van der Waals surface area contributed by atoms with Crippen LogP contribution in [-0.2, 0) is 0 Å². The van der Waals surface area contributed by atoms with Crippen LogP contribution in [0.2, 0.25) is 0 Å². The van der Waals surface area contributed by atoms with Crippen molar-refractivity contribution in [1.82, 2.24) is 0 Å². The van der Waals surface area contributed by atoms with Crippen LogP contribution in [0, 0.1) is 11.8 Å². The summed E-state index contributed by atoms with van der Waals surface area (Å²) in [4.78, 5) is 0. The van der Waals surface area contributed by atoms with E-state index >= 15 is 0 Å². The van der Waals surface area contributed by atoms with E-state index in [1.54, 1.807) is 25.7 Å². The molecule has 3 saturated carbocycles. The molecular formula is C7H14Cl2. The summed E-state index contributed by atoms with van der Waals surface area (Å²) < 4.78 is 0. The lowest BCUT2D eigenvalue weighted by atomic mass is 9.65. The van der Waals surface area contributed by atoms with Crippen LogP contribution in [0.25, 0.3) is 0 Å². The van der Waals surface area contributed by atoms with Gasteiger partial charge in [-0.1, -0.05) is 19.3 Å². The van der Waals surface area contributed by atoms with Crippen LogP contribution in [0.15, 0.2) is 0 Å². The maximum Gasteiger partial charge on any atom is -0.0409 e. The zero-order valence-electron chi connectivity index (χ0n) is 5.51.